The highest BCUT2D eigenvalue weighted by atomic mass is 19.1. The van der Waals surface area contributed by atoms with Gasteiger partial charge >= 0.3 is 0 Å². The molecule has 1 atom stereocenters. The van der Waals surface area contributed by atoms with E-state index in [0.717, 1.165) is 0 Å². The van der Waals surface area contributed by atoms with Gasteiger partial charge in [-0.05, 0) is 29.8 Å². The predicted molar refractivity (Wildman–Crippen MR) is 80.2 cm³/mol. The van der Waals surface area contributed by atoms with Crippen LogP contribution in [0.3, 0.4) is 0 Å². The fraction of sp³-hybridized carbons (Fsp3) is 0.176. The molecule has 1 unspecified atom stereocenters. The molecule has 0 saturated heterocycles. The molecule has 0 aliphatic carbocycles. The van der Waals surface area contributed by atoms with Gasteiger partial charge in [0.05, 0.1) is 13.2 Å². The number of benzene rings is 2. The lowest BCUT2D eigenvalue weighted by Crippen LogP contribution is -2.46. The van der Waals surface area contributed by atoms with Crippen molar-refractivity contribution < 1.29 is 13.9 Å². The first kappa shape index (κ1) is 15.5. The van der Waals surface area contributed by atoms with E-state index in [-0.39, 0.29) is 0 Å². The number of ether oxygens (including phenoxy) is 1. The Morgan fingerprint density at radius 2 is 1.86 bits per heavy atom. The van der Waals surface area contributed by atoms with Crippen LogP contribution in [0.5, 0.6) is 5.75 Å². The summed E-state index contributed by atoms with van der Waals surface area (Å²) >= 11 is 0. The minimum atomic E-state index is -1.70. The second kappa shape index (κ2) is 6.72. The predicted octanol–water partition coefficient (Wildman–Crippen LogP) is 2.81. The molecule has 0 spiro atoms. The number of nitrogens with one attached hydrogen (secondary N) is 1. The van der Waals surface area contributed by atoms with Crippen LogP contribution in [0.1, 0.15) is 15.9 Å². The molecule has 1 N–H and O–H groups in total. The van der Waals surface area contributed by atoms with E-state index in [2.05, 4.69) is 5.32 Å². The molecule has 0 aromatic heterocycles. The highest BCUT2D eigenvalue weighted by Gasteiger charge is 2.34. The molecule has 0 fully saturated rings. The van der Waals surface area contributed by atoms with Crippen LogP contribution in [0.25, 0.3) is 0 Å². The van der Waals surface area contributed by atoms with Gasteiger partial charge in [0.25, 0.3) is 5.91 Å². The molecule has 2 rings (SSSR count). The molecule has 1 amide bonds. The van der Waals surface area contributed by atoms with E-state index >= 15 is 0 Å². The second-order valence-corrected chi connectivity index (χ2v) is 4.70. The highest BCUT2D eigenvalue weighted by molar-refractivity contribution is 5.95. The molecule has 112 valence electrons. The normalized spacial score (nSPS) is 12.8. The van der Waals surface area contributed by atoms with Crippen molar-refractivity contribution in [2.75, 3.05) is 13.8 Å². The first-order chi connectivity index (χ1) is 10.6. The zero-order valence-electron chi connectivity index (χ0n) is 12.0. The van der Waals surface area contributed by atoms with Crippen LogP contribution in [0.2, 0.25) is 0 Å². The van der Waals surface area contributed by atoms with E-state index in [1.54, 1.807) is 54.6 Å². The number of nitrogens with zero attached hydrogens (tertiary/aromatic N) is 1. The van der Waals surface area contributed by atoms with Crippen molar-refractivity contribution in [2.45, 2.75) is 5.54 Å². The average Bonchev–Trinajstić information content (AvgIpc) is 2.60. The van der Waals surface area contributed by atoms with Crippen molar-refractivity contribution in [2.24, 2.45) is 0 Å². The number of carbonyl (C=O) groups is 1. The minimum absolute atomic E-state index is 0.324. The zero-order valence-corrected chi connectivity index (χ0v) is 12.0. The molecule has 0 heterocycles. The summed E-state index contributed by atoms with van der Waals surface area (Å²) < 4.78 is 18.6. The summed E-state index contributed by atoms with van der Waals surface area (Å²) in [5.41, 5.74) is -0.968. The van der Waals surface area contributed by atoms with Gasteiger partial charge in [-0.25, -0.2) is 4.39 Å². The molecule has 0 bridgehead atoms. The molecule has 5 heteroatoms. The van der Waals surface area contributed by atoms with Crippen LogP contribution in [0.4, 0.5) is 4.39 Å². The van der Waals surface area contributed by atoms with Gasteiger partial charge in [-0.3, -0.25) is 4.79 Å². The monoisotopic (exact) mass is 298 g/mol. The quantitative estimate of drug-likeness (QED) is 0.923. The lowest BCUT2D eigenvalue weighted by Gasteiger charge is -2.25. The van der Waals surface area contributed by atoms with Crippen LogP contribution in [0, 0.1) is 11.3 Å². The number of methoxy groups -OCH3 is 1. The van der Waals surface area contributed by atoms with Crippen LogP contribution < -0.4 is 10.1 Å². The molecule has 0 saturated carbocycles. The van der Waals surface area contributed by atoms with Crippen molar-refractivity contribution in [1.82, 2.24) is 5.32 Å². The van der Waals surface area contributed by atoms with E-state index < -0.39 is 18.1 Å². The lowest BCUT2D eigenvalue weighted by molar-refractivity contribution is 0.0906. The Balaban J connectivity index is 2.28. The number of carbonyl (C=O) groups excluding carboxylic acids is 1. The number of hydrogen-bond acceptors (Lipinski definition) is 3. The van der Waals surface area contributed by atoms with Crippen LogP contribution in [-0.4, -0.2) is 19.7 Å². The van der Waals surface area contributed by atoms with Crippen LogP contribution >= 0.6 is 0 Å². The van der Waals surface area contributed by atoms with Crippen molar-refractivity contribution in [3.05, 3.63) is 65.7 Å². The Kier molecular flexibility index (Phi) is 4.74. The Morgan fingerprint density at radius 1 is 1.23 bits per heavy atom. The number of halogens is 1. The summed E-state index contributed by atoms with van der Waals surface area (Å²) in [5, 5.41) is 11.9. The third-order valence-corrected chi connectivity index (χ3v) is 3.34. The van der Waals surface area contributed by atoms with Gasteiger partial charge in [-0.1, -0.05) is 30.3 Å². The number of hydrogen-bond donors (Lipinski definition) is 1. The molecule has 2 aromatic carbocycles. The second-order valence-electron chi connectivity index (χ2n) is 4.70. The fourth-order valence-electron chi connectivity index (χ4n) is 2.04. The minimum Gasteiger partial charge on any atom is -0.497 e. The maximum atomic E-state index is 13.5. The highest BCUT2D eigenvalue weighted by Crippen LogP contribution is 2.22. The summed E-state index contributed by atoms with van der Waals surface area (Å²) in [6.45, 7) is -1.02. The molecule has 0 radical (unpaired) electrons. The number of nitriles is 1. The summed E-state index contributed by atoms with van der Waals surface area (Å²) in [4.78, 5) is 12.3. The SMILES string of the molecule is COc1ccc(C(=O)NC(C#N)(CF)c2ccccc2)cc1. The molecule has 0 aliphatic rings. The summed E-state index contributed by atoms with van der Waals surface area (Å²) in [6, 6.07) is 16.6. The van der Waals surface area contributed by atoms with Gasteiger partial charge in [0.2, 0.25) is 0 Å². The summed E-state index contributed by atoms with van der Waals surface area (Å²) in [5.74, 6) is 0.0855. The number of alkyl halides is 1. The molecular formula is C17H15FN2O2. The van der Waals surface area contributed by atoms with Crippen molar-refractivity contribution in [1.29, 1.82) is 5.26 Å². The Morgan fingerprint density at radius 3 is 2.36 bits per heavy atom. The molecule has 22 heavy (non-hydrogen) atoms. The van der Waals surface area contributed by atoms with Crippen molar-refractivity contribution in [3.63, 3.8) is 0 Å². The molecule has 2 aromatic rings. The topological polar surface area (TPSA) is 62.1 Å². The van der Waals surface area contributed by atoms with Gasteiger partial charge in [-0.2, -0.15) is 5.26 Å². The molecular weight excluding hydrogens is 283 g/mol. The number of rotatable bonds is 5. The number of amides is 1. The van der Waals surface area contributed by atoms with E-state index in [0.29, 0.717) is 16.9 Å². The Hall–Kier alpha value is -2.87. The van der Waals surface area contributed by atoms with Gasteiger partial charge in [0, 0.05) is 5.56 Å². The zero-order chi connectivity index (χ0) is 16.0. The summed E-state index contributed by atoms with van der Waals surface area (Å²) in [6.07, 6.45) is 0. The molecule has 0 aliphatic heterocycles. The van der Waals surface area contributed by atoms with E-state index in [9.17, 15) is 14.4 Å². The third-order valence-electron chi connectivity index (χ3n) is 3.34. The largest absolute Gasteiger partial charge is 0.497 e. The third kappa shape index (κ3) is 3.07. The average molecular weight is 298 g/mol. The van der Waals surface area contributed by atoms with Gasteiger partial charge in [0.1, 0.15) is 12.4 Å². The van der Waals surface area contributed by atoms with Crippen molar-refractivity contribution in [3.8, 4) is 11.8 Å². The smallest absolute Gasteiger partial charge is 0.252 e. The van der Waals surface area contributed by atoms with E-state index in [4.69, 9.17) is 4.74 Å². The van der Waals surface area contributed by atoms with E-state index in [1.165, 1.54) is 7.11 Å². The standard InChI is InChI=1S/C17H15FN2O2/c1-22-15-9-7-13(8-10-15)16(21)20-17(11-18,12-19)14-5-3-2-4-6-14/h2-10H,11H2,1H3,(H,20,21). The lowest BCUT2D eigenvalue weighted by atomic mass is 9.92. The summed E-state index contributed by atoms with van der Waals surface area (Å²) in [7, 11) is 1.52. The van der Waals surface area contributed by atoms with Gasteiger partial charge in [0.15, 0.2) is 5.54 Å². The van der Waals surface area contributed by atoms with Gasteiger partial charge < -0.3 is 10.1 Å². The first-order valence-electron chi connectivity index (χ1n) is 6.64. The maximum absolute atomic E-state index is 13.5. The Labute approximate surface area is 128 Å². The first-order valence-corrected chi connectivity index (χ1v) is 6.64. The van der Waals surface area contributed by atoms with Gasteiger partial charge in [-0.15, -0.1) is 0 Å². The maximum Gasteiger partial charge on any atom is 0.252 e. The Bertz CT molecular complexity index is 680. The van der Waals surface area contributed by atoms with E-state index in [1.807, 2.05) is 6.07 Å². The molecule has 4 nitrogen and oxygen atoms in total. The van der Waals surface area contributed by atoms with Crippen LogP contribution in [0.15, 0.2) is 54.6 Å². The van der Waals surface area contributed by atoms with Crippen molar-refractivity contribution >= 4 is 5.91 Å². The fourth-order valence-corrected chi connectivity index (χ4v) is 2.04. The van der Waals surface area contributed by atoms with Crippen LogP contribution in [-0.2, 0) is 5.54 Å².